The molecule has 1 heterocycles. The SMILES string of the molecule is Nc1ccccc1OCC(=O)Nc1cnc(Br)cn1. The highest BCUT2D eigenvalue weighted by Gasteiger charge is 2.06. The van der Waals surface area contributed by atoms with E-state index in [-0.39, 0.29) is 12.5 Å². The molecule has 1 aromatic heterocycles. The van der Waals surface area contributed by atoms with Crippen LogP contribution in [0.1, 0.15) is 0 Å². The Labute approximate surface area is 118 Å². The van der Waals surface area contributed by atoms with Gasteiger partial charge in [0.05, 0.1) is 18.1 Å². The summed E-state index contributed by atoms with van der Waals surface area (Å²) in [5.74, 6) is 0.497. The van der Waals surface area contributed by atoms with Gasteiger partial charge in [-0.15, -0.1) is 0 Å². The molecule has 1 amide bonds. The Hall–Kier alpha value is -2.15. The van der Waals surface area contributed by atoms with Crippen molar-refractivity contribution in [2.75, 3.05) is 17.7 Å². The summed E-state index contributed by atoms with van der Waals surface area (Å²) >= 11 is 3.16. The number of nitrogen functional groups attached to an aromatic ring is 1. The van der Waals surface area contributed by atoms with Gasteiger partial charge in [0.15, 0.2) is 12.4 Å². The van der Waals surface area contributed by atoms with Gasteiger partial charge in [-0.3, -0.25) is 4.79 Å². The monoisotopic (exact) mass is 322 g/mol. The van der Waals surface area contributed by atoms with Crippen molar-refractivity contribution >= 4 is 33.3 Å². The topological polar surface area (TPSA) is 90.1 Å². The predicted molar refractivity (Wildman–Crippen MR) is 74.7 cm³/mol. The number of ether oxygens (including phenoxy) is 1. The highest BCUT2D eigenvalue weighted by Crippen LogP contribution is 2.19. The van der Waals surface area contributed by atoms with Crippen molar-refractivity contribution in [2.24, 2.45) is 0 Å². The van der Waals surface area contributed by atoms with Crippen molar-refractivity contribution in [1.82, 2.24) is 9.97 Å². The number of hydrogen-bond acceptors (Lipinski definition) is 5. The summed E-state index contributed by atoms with van der Waals surface area (Å²) in [6.07, 6.45) is 2.94. The van der Waals surface area contributed by atoms with Gasteiger partial charge in [-0.2, -0.15) is 0 Å². The molecule has 7 heteroatoms. The molecule has 0 saturated carbocycles. The maximum Gasteiger partial charge on any atom is 0.263 e. The zero-order valence-corrected chi connectivity index (χ0v) is 11.4. The fourth-order valence-corrected chi connectivity index (χ4v) is 1.52. The number of nitrogens with zero attached hydrogens (tertiary/aromatic N) is 2. The molecule has 0 unspecified atom stereocenters. The zero-order chi connectivity index (χ0) is 13.7. The molecule has 3 N–H and O–H groups in total. The molecule has 0 aliphatic carbocycles. The van der Waals surface area contributed by atoms with Crippen LogP contribution in [0, 0.1) is 0 Å². The van der Waals surface area contributed by atoms with Gasteiger partial charge in [0, 0.05) is 0 Å². The quantitative estimate of drug-likeness (QED) is 0.838. The first kappa shape index (κ1) is 13.3. The number of anilines is 2. The lowest BCUT2D eigenvalue weighted by Crippen LogP contribution is -2.21. The Kier molecular flexibility index (Phi) is 4.30. The second-order valence-corrected chi connectivity index (χ2v) is 4.41. The fourth-order valence-electron chi connectivity index (χ4n) is 1.31. The van der Waals surface area contributed by atoms with E-state index in [4.69, 9.17) is 10.5 Å². The van der Waals surface area contributed by atoms with E-state index in [1.54, 1.807) is 24.3 Å². The molecule has 0 bridgehead atoms. The summed E-state index contributed by atoms with van der Waals surface area (Å²) in [4.78, 5) is 19.5. The molecule has 0 saturated heterocycles. The summed E-state index contributed by atoms with van der Waals surface area (Å²) < 4.78 is 5.90. The number of nitrogens with one attached hydrogen (secondary N) is 1. The smallest absolute Gasteiger partial charge is 0.263 e. The molecule has 2 aromatic rings. The zero-order valence-electron chi connectivity index (χ0n) is 9.84. The highest BCUT2D eigenvalue weighted by molar-refractivity contribution is 9.10. The van der Waals surface area contributed by atoms with Gasteiger partial charge in [-0.05, 0) is 28.1 Å². The Morgan fingerprint density at radius 1 is 1.32 bits per heavy atom. The van der Waals surface area contributed by atoms with Crippen LogP contribution in [0.15, 0.2) is 41.3 Å². The van der Waals surface area contributed by atoms with Crippen molar-refractivity contribution in [3.63, 3.8) is 0 Å². The van der Waals surface area contributed by atoms with Crippen LogP contribution in [0.25, 0.3) is 0 Å². The first-order chi connectivity index (χ1) is 9.15. The second kappa shape index (κ2) is 6.14. The number of nitrogens with two attached hydrogens (primary N) is 1. The third-order valence-electron chi connectivity index (χ3n) is 2.17. The number of benzene rings is 1. The average Bonchev–Trinajstić information content (AvgIpc) is 2.40. The van der Waals surface area contributed by atoms with Crippen LogP contribution in [0.4, 0.5) is 11.5 Å². The number of hydrogen-bond donors (Lipinski definition) is 2. The van der Waals surface area contributed by atoms with Crippen LogP contribution in [0.2, 0.25) is 0 Å². The van der Waals surface area contributed by atoms with Crippen molar-refractivity contribution in [1.29, 1.82) is 0 Å². The van der Waals surface area contributed by atoms with Gasteiger partial charge >= 0.3 is 0 Å². The number of amides is 1. The molecule has 0 aliphatic heterocycles. The average molecular weight is 323 g/mol. The number of rotatable bonds is 4. The highest BCUT2D eigenvalue weighted by atomic mass is 79.9. The van der Waals surface area contributed by atoms with Crippen molar-refractivity contribution in [3.05, 3.63) is 41.3 Å². The summed E-state index contributed by atoms with van der Waals surface area (Å²) in [5, 5.41) is 2.56. The third kappa shape index (κ3) is 3.92. The molecule has 2 rings (SSSR count). The van der Waals surface area contributed by atoms with Crippen LogP contribution >= 0.6 is 15.9 Å². The first-order valence-corrected chi connectivity index (χ1v) is 6.19. The van der Waals surface area contributed by atoms with Crippen LogP contribution < -0.4 is 15.8 Å². The molecule has 0 atom stereocenters. The van der Waals surface area contributed by atoms with Crippen molar-refractivity contribution in [3.8, 4) is 5.75 Å². The Morgan fingerprint density at radius 2 is 2.11 bits per heavy atom. The molecule has 6 nitrogen and oxygen atoms in total. The lowest BCUT2D eigenvalue weighted by molar-refractivity contribution is -0.118. The third-order valence-corrected chi connectivity index (χ3v) is 2.58. The van der Waals surface area contributed by atoms with E-state index < -0.39 is 0 Å². The summed E-state index contributed by atoms with van der Waals surface area (Å²) in [6.45, 7) is -0.147. The Bertz CT molecular complexity index is 574. The minimum absolute atomic E-state index is 0.147. The second-order valence-electron chi connectivity index (χ2n) is 3.60. The Balaban J connectivity index is 1.88. The molecule has 1 aromatic carbocycles. The Morgan fingerprint density at radius 3 is 2.79 bits per heavy atom. The van der Waals surface area contributed by atoms with E-state index in [2.05, 4.69) is 31.2 Å². The maximum atomic E-state index is 11.6. The van der Waals surface area contributed by atoms with Crippen molar-refractivity contribution < 1.29 is 9.53 Å². The summed E-state index contributed by atoms with van der Waals surface area (Å²) in [6, 6.07) is 6.97. The van der Waals surface area contributed by atoms with Crippen LogP contribution in [-0.4, -0.2) is 22.5 Å². The molecule has 0 aliphatic rings. The van der Waals surface area contributed by atoms with E-state index in [0.29, 0.717) is 21.9 Å². The number of halogens is 1. The van der Waals surface area contributed by atoms with E-state index in [1.807, 2.05) is 0 Å². The van der Waals surface area contributed by atoms with E-state index in [0.717, 1.165) is 0 Å². The number of aromatic nitrogens is 2. The minimum atomic E-state index is -0.333. The summed E-state index contributed by atoms with van der Waals surface area (Å²) in [7, 11) is 0. The van der Waals surface area contributed by atoms with Crippen LogP contribution in [0.3, 0.4) is 0 Å². The van der Waals surface area contributed by atoms with Gasteiger partial charge in [0.1, 0.15) is 10.4 Å². The van der Waals surface area contributed by atoms with Gasteiger partial charge < -0.3 is 15.8 Å². The predicted octanol–water partition coefficient (Wildman–Crippen LogP) is 1.84. The van der Waals surface area contributed by atoms with Crippen molar-refractivity contribution in [2.45, 2.75) is 0 Å². The number of para-hydroxylation sites is 2. The lowest BCUT2D eigenvalue weighted by Gasteiger charge is -2.08. The number of carbonyl (C=O) groups excluding carboxylic acids is 1. The molecule has 0 radical (unpaired) electrons. The molecule has 19 heavy (non-hydrogen) atoms. The first-order valence-electron chi connectivity index (χ1n) is 5.40. The standard InChI is InChI=1S/C12H11BrN4O2/c13-10-5-16-11(6-15-10)17-12(18)7-19-9-4-2-1-3-8(9)14/h1-6H,7,14H2,(H,16,17,18). The van der Waals surface area contributed by atoms with Gasteiger partial charge in [-0.1, -0.05) is 12.1 Å². The van der Waals surface area contributed by atoms with Gasteiger partial charge in [-0.25, -0.2) is 9.97 Å². The fraction of sp³-hybridized carbons (Fsp3) is 0.0833. The largest absolute Gasteiger partial charge is 0.482 e. The van der Waals surface area contributed by atoms with Crippen LogP contribution in [-0.2, 0) is 4.79 Å². The molecule has 0 spiro atoms. The number of carbonyl (C=O) groups is 1. The van der Waals surface area contributed by atoms with Crippen LogP contribution in [0.5, 0.6) is 5.75 Å². The molecule has 0 fully saturated rings. The van der Waals surface area contributed by atoms with E-state index in [9.17, 15) is 4.79 Å². The van der Waals surface area contributed by atoms with E-state index in [1.165, 1.54) is 12.4 Å². The van der Waals surface area contributed by atoms with Gasteiger partial charge in [0.2, 0.25) is 0 Å². The normalized spacial score (nSPS) is 9.95. The maximum absolute atomic E-state index is 11.6. The summed E-state index contributed by atoms with van der Waals surface area (Å²) in [5.41, 5.74) is 6.18. The van der Waals surface area contributed by atoms with Gasteiger partial charge in [0.25, 0.3) is 5.91 Å². The molecule has 98 valence electrons. The molecular formula is C12H11BrN4O2. The van der Waals surface area contributed by atoms with E-state index >= 15 is 0 Å². The molecular weight excluding hydrogens is 312 g/mol. The lowest BCUT2D eigenvalue weighted by atomic mass is 10.3. The minimum Gasteiger partial charge on any atom is -0.482 e.